The van der Waals surface area contributed by atoms with Crippen molar-refractivity contribution in [1.29, 1.82) is 5.26 Å². The molecule has 0 saturated heterocycles. The Morgan fingerprint density at radius 3 is 2.58 bits per heavy atom. The van der Waals surface area contributed by atoms with Gasteiger partial charge in [0.2, 0.25) is 0 Å². The molecule has 2 rings (SSSR count). The molecule has 0 aliphatic heterocycles. The Bertz CT molecular complexity index is 508. The van der Waals surface area contributed by atoms with Crippen molar-refractivity contribution in [1.82, 2.24) is 0 Å². The molecule has 100 valence electrons. The van der Waals surface area contributed by atoms with E-state index in [0.29, 0.717) is 17.2 Å². The zero-order valence-corrected chi connectivity index (χ0v) is 11.6. The maximum absolute atomic E-state index is 11.4. The van der Waals surface area contributed by atoms with Gasteiger partial charge in [0.1, 0.15) is 6.07 Å². The number of hydrogen-bond acceptors (Lipinski definition) is 3. The number of nitriles is 1. The number of ketones is 1. The van der Waals surface area contributed by atoms with Crippen LogP contribution in [0.3, 0.4) is 0 Å². The van der Waals surface area contributed by atoms with Crippen LogP contribution >= 0.6 is 0 Å². The molecular weight excluding hydrogens is 236 g/mol. The minimum Gasteiger partial charge on any atom is -0.381 e. The molecule has 1 fully saturated rings. The lowest BCUT2D eigenvalue weighted by molar-refractivity contribution is 0.101. The fourth-order valence-electron chi connectivity index (χ4n) is 2.60. The minimum atomic E-state index is 0.0322. The SMILES string of the molecule is CC(=O)c1ccc(C#N)c(NC2CCC(C)CC2)c1. The molecule has 1 saturated carbocycles. The summed E-state index contributed by atoms with van der Waals surface area (Å²) < 4.78 is 0. The van der Waals surface area contributed by atoms with Crippen LogP contribution in [-0.2, 0) is 0 Å². The first kappa shape index (κ1) is 13.6. The molecule has 1 aromatic carbocycles. The number of anilines is 1. The van der Waals surface area contributed by atoms with Gasteiger partial charge in [-0.3, -0.25) is 4.79 Å². The van der Waals surface area contributed by atoms with Crippen LogP contribution in [0.4, 0.5) is 5.69 Å². The smallest absolute Gasteiger partial charge is 0.159 e. The van der Waals surface area contributed by atoms with Gasteiger partial charge < -0.3 is 5.32 Å². The predicted molar refractivity (Wildman–Crippen MR) is 76.2 cm³/mol. The molecule has 0 unspecified atom stereocenters. The maximum atomic E-state index is 11.4. The zero-order chi connectivity index (χ0) is 13.8. The highest BCUT2D eigenvalue weighted by Gasteiger charge is 2.19. The maximum Gasteiger partial charge on any atom is 0.159 e. The Morgan fingerprint density at radius 2 is 2.00 bits per heavy atom. The summed E-state index contributed by atoms with van der Waals surface area (Å²) in [6.45, 7) is 3.83. The summed E-state index contributed by atoms with van der Waals surface area (Å²) in [5.41, 5.74) is 2.07. The van der Waals surface area contributed by atoms with Crippen molar-refractivity contribution < 1.29 is 4.79 Å². The zero-order valence-electron chi connectivity index (χ0n) is 11.6. The molecule has 0 bridgehead atoms. The molecule has 0 heterocycles. The summed E-state index contributed by atoms with van der Waals surface area (Å²) >= 11 is 0. The van der Waals surface area contributed by atoms with Gasteiger partial charge in [0.15, 0.2) is 5.78 Å². The molecular formula is C16H20N2O. The van der Waals surface area contributed by atoms with Gasteiger partial charge in [-0.05, 0) is 56.7 Å². The van der Waals surface area contributed by atoms with Gasteiger partial charge in [-0.15, -0.1) is 0 Å². The van der Waals surface area contributed by atoms with E-state index in [2.05, 4.69) is 18.3 Å². The van der Waals surface area contributed by atoms with Gasteiger partial charge in [0.05, 0.1) is 11.3 Å². The summed E-state index contributed by atoms with van der Waals surface area (Å²) in [4.78, 5) is 11.4. The van der Waals surface area contributed by atoms with E-state index in [1.165, 1.54) is 12.8 Å². The van der Waals surface area contributed by atoms with Gasteiger partial charge >= 0.3 is 0 Å². The van der Waals surface area contributed by atoms with Crippen molar-refractivity contribution in [2.45, 2.75) is 45.6 Å². The van der Waals surface area contributed by atoms with Crippen LogP contribution in [0.15, 0.2) is 18.2 Å². The minimum absolute atomic E-state index is 0.0322. The van der Waals surface area contributed by atoms with E-state index in [-0.39, 0.29) is 5.78 Å². The standard InChI is InChI=1S/C16H20N2O/c1-11-3-7-15(8-4-11)18-16-9-13(12(2)19)5-6-14(16)10-17/h5-6,9,11,15,18H,3-4,7-8H2,1-2H3. The Balaban J connectivity index is 2.16. The van der Waals surface area contributed by atoms with Crippen LogP contribution in [0.25, 0.3) is 0 Å². The van der Waals surface area contributed by atoms with E-state index < -0.39 is 0 Å². The van der Waals surface area contributed by atoms with Crippen LogP contribution in [-0.4, -0.2) is 11.8 Å². The first-order valence-corrected chi connectivity index (χ1v) is 6.91. The molecule has 1 N–H and O–H groups in total. The lowest BCUT2D eigenvalue weighted by Crippen LogP contribution is -2.25. The first-order chi connectivity index (χ1) is 9.10. The van der Waals surface area contributed by atoms with Crippen molar-refractivity contribution in [2.75, 3.05) is 5.32 Å². The van der Waals surface area contributed by atoms with Crippen LogP contribution in [0.2, 0.25) is 0 Å². The number of rotatable bonds is 3. The number of carbonyl (C=O) groups is 1. The quantitative estimate of drug-likeness (QED) is 0.838. The highest BCUT2D eigenvalue weighted by Crippen LogP contribution is 2.27. The highest BCUT2D eigenvalue weighted by molar-refractivity contribution is 5.95. The van der Waals surface area contributed by atoms with Crippen LogP contribution in [0, 0.1) is 17.2 Å². The van der Waals surface area contributed by atoms with Crippen molar-refractivity contribution in [3.05, 3.63) is 29.3 Å². The molecule has 0 aromatic heterocycles. The predicted octanol–water partition coefficient (Wildman–Crippen LogP) is 3.75. The van der Waals surface area contributed by atoms with E-state index in [1.807, 2.05) is 0 Å². The second-order valence-corrected chi connectivity index (χ2v) is 5.53. The van der Waals surface area contributed by atoms with E-state index >= 15 is 0 Å². The van der Waals surface area contributed by atoms with E-state index in [4.69, 9.17) is 5.26 Å². The van der Waals surface area contributed by atoms with E-state index in [9.17, 15) is 4.79 Å². The number of benzene rings is 1. The Labute approximate surface area is 114 Å². The molecule has 0 amide bonds. The Hall–Kier alpha value is -1.82. The Morgan fingerprint density at radius 1 is 1.32 bits per heavy atom. The van der Waals surface area contributed by atoms with E-state index in [1.54, 1.807) is 25.1 Å². The summed E-state index contributed by atoms with van der Waals surface area (Å²) in [7, 11) is 0. The van der Waals surface area contributed by atoms with Gasteiger partial charge in [-0.25, -0.2) is 0 Å². The molecule has 3 nitrogen and oxygen atoms in total. The third kappa shape index (κ3) is 3.35. The average molecular weight is 256 g/mol. The van der Waals surface area contributed by atoms with E-state index in [0.717, 1.165) is 24.4 Å². The lowest BCUT2D eigenvalue weighted by Gasteiger charge is -2.28. The summed E-state index contributed by atoms with van der Waals surface area (Å²) in [5.74, 6) is 0.835. The topological polar surface area (TPSA) is 52.9 Å². The fraction of sp³-hybridized carbons (Fsp3) is 0.500. The van der Waals surface area contributed by atoms with Gasteiger partial charge in [0.25, 0.3) is 0 Å². The highest BCUT2D eigenvalue weighted by atomic mass is 16.1. The van der Waals surface area contributed by atoms with Crippen molar-refractivity contribution >= 4 is 11.5 Å². The summed E-state index contributed by atoms with van der Waals surface area (Å²) in [5, 5.41) is 12.6. The van der Waals surface area contributed by atoms with Crippen LogP contribution < -0.4 is 5.32 Å². The van der Waals surface area contributed by atoms with Gasteiger partial charge in [-0.1, -0.05) is 6.92 Å². The number of hydrogen-bond donors (Lipinski definition) is 1. The number of Topliss-reactive ketones (excluding diaryl/α,β-unsaturated/α-hetero) is 1. The fourth-order valence-corrected chi connectivity index (χ4v) is 2.60. The van der Waals surface area contributed by atoms with Gasteiger partial charge in [-0.2, -0.15) is 5.26 Å². The van der Waals surface area contributed by atoms with Crippen LogP contribution in [0.5, 0.6) is 0 Å². The molecule has 0 atom stereocenters. The first-order valence-electron chi connectivity index (χ1n) is 6.91. The molecule has 19 heavy (non-hydrogen) atoms. The number of nitrogens with zero attached hydrogens (tertiary/aromatic N) is 1. The monoisotopic (exact) mass is 256 g/mol. The molecule has 3 heteroatoms. The molecule has 1 aliphatic rings. The molecule has 1 aliphatic carbocycles. The van der Waals surface area contributed by atoms with Crippen molar-refractivity contribution in [2.24, 2.45) is 5.92 Å². The van der Waals surface area contributed by atoms with Gasteiger partial charge in [0, 0.05) is 11.6 Å². The normalized spacial score (nSPS) is 22.6. The summed E-state index contributed by atoms with van der Waals surface area (Å²) in [6.07, 6.45) is 4.73. The number of nitrogens with one attached hydrogen (secondary N) is 1. The lowest BCUT2D eigenvalue weighted by atomic mass is 9.87. The van der Waals surface area contributed by atoms with Crippen LogP contribution in [0.1, 0.15) is 55.5 Å². The summed E-state index contributed by atoms with van der Waals surface area (Å²) in [6, 6.07) is 7.86. The third-order valence-electron chi connectivity index (χ3n) is 3.92. The largest absolute Gasteiger partial charge is 0.381 e. The second kappa shape index (κ2) is 5.88. The number of carbonyl (C=O) groups excluding carboxylic acids is 1. The van der Waals surface area contributed by atoms with Crippen molar-refractivity contribution in [3.8, 4) is 6.07 Å². The average Bonchev–Trinajstić information content (AvgIpc) is 2.41. The molecule has 0 radical (unpaired) electrons. The molecule has 1 aromatic rings. The third-order valence-corrected chi connectivity index (χ3v) is 3.92. The second-order valence-electron chi connectivity index (χ2n) is 5.53. The molecule has 0 spiro atoms. The van der Waals surface area contributed by atoms with Crippen molar-refractivity contribution in [3.63, 3.8) is 0 Å². The Kier molecular flexibility index (Phi) is 4.21.